The Balaban J connectivity index is 2.67. The molecule has 2 aromatic rings. The third-order valence-electron chi connectivity index (χ3n) is 4.55. The van der Waals surface area contributed by atoms with Gasteiger partial charge in [0.15, 0.2) is 0 Å². The number of thiophene rings is 1. The first-order valence-electron chi connectivity index (χ1n) is 6.72. The average Bonchev–Trinajstić information content (AvgIpc) is 2.80. The molecule has 1 aromatic heterocycles. The van der Waals surface area contributed by atoms with E-state index >= 15 is 0 Å². The third kappa shape index (κ3) is 2.24. The van der Waals surface area contributed by atoms with Gasteiger partial charge in [0.05, 0.1) is 6.04 Å². The zero-order chi connectivity index (χ0) is 14.3. The van der Waals surface area contributed by atoms with Crippen LogP contribution in [0.4, 0.5) is 0 Å². The maximum atomic E-state index is 6.56. The van der Waals surface area contributed by atoms with Gasteiger partial charge in [0.25, 0.3) is 0 Å². The number of hydrogen-bond acceptors (Lipinski definition) is 2. The first kappa shape index (κ1) is 14.3. The summed E-state index contributed by atoms with van der Waals surface area (Å²) in [7, 11) is 0. The fourth-order valence-corrected chi connectivity index (χ4v) is 3.77. The third-order valence-corrected chi connectivity index (χ3v) is 5.66. The van der Waals surface area contributed by atoms with Gasteiger partial charge >= 0.3 is 0 Å². The topological polar surface area (TPSA) is 26.0 Å². The average molecular weight is 273 g/mol. The van der Waals surface area contributed by atoms with Gasteiger partial charge in [-0.3, -0.25) is 0 Å². The lowest BCUT2D eigenvalue weighted by atomic mass is 9.86. The summed E-state index contributed by atoms with van der Waals surface area (Å²) in [5, 5.41) is 2.13. The van der Waals surface area contributed by atoms with Gasteiger partial charge in [0.2, 0.25) is 0 Å². The Labute approximate surface area is 120 Å². The van der Waals surface area contributed by atoms with Crippen LogP contribution in [0.1, 0.15) is 49.9 Å². The van der Waals surface area contributed by atoms with Gasteiger partial charge in [-0.1, -0.05) is 0 Å². The molecule has 0 saturated heterocycles. The molecule has 1 aromatic carbocycles. The summed E-state index contributed by atoms with van der Waals surface area (Å²) in [4.78, 5) is 1.29. The molecule has 19 heavy (non-hydrogen) atoms. The molecule has 1 unspecified atom stereocenters. The lowest BCUT2D eigenvalue weighted by Gasteiger charge is -2.23. The minimum Gasteiger partial charge on any atom is -0.320 e. The molecule has 0 fully saturated rings. The largest absolute Gasteiger partial charge is 0.320 e. The van der Waals surface area contributed by atoms with Crippen LogP contribution in [0.15, 0.2) is 11.4 Å². The van der Waals surface area contributed by atoms with Gasteiger partial charge in [-0.2, -0.15) is 0 Å². The molecule has 1 heterocycles. The molecular weight excluding hydrogens is 250 g/mol. The van der Waals surface area contributed by atoms with Gasteiger partial charge in [-0.15, -0.1) is 11.3 Å². The first-order valence-corrected chi connectivity index (χ1v) is 7.60. The van der Waals surface area contributed by atoms with Crippen LogP contribution in [0.5, 0.6) is 0 Å². The fraction of sp³-hybridized carbons (Fsp3) is 0.412. The van der Waals surface area contributed by atoms with Crippen LogP contribution in [0.3, 0.4) is 0 Å². The standard InChI is InChI=1S/C17H23NS/c1-9-7-8-19-17(9)16(18)15-13(5)11(3)10(2)12(4)14(15)6/h7-8,16H,18H2,1-6H3. The molecule has 2 heteroatoms. The van der Waals surface area contributed by atoms with Crippen LogP contribution in [0.2, 0.25) is 0 Å². The quantitative estimate of drug-likeness (QED) is 0.847. The number of nitrogens with two attached hydrogens (primary N) is 1. The number of rotatable bonds is 2. The van der Waals surface area contributed by atoms with Gasteiger partial charge in [-0.25, -0.2) is 0 Å². The maximum absolute atomic E-state index is 6.56. The minimum atomic E-state index is -0.00185. The zero-order valence-corrected chi connectivity index (χ0v) is 13.5. The Kier molecular flexibility index (Phi) is 3.84. The van der Waals surface area contributed by atoms with E-state index in [1.54, 1.807) is 11.3 Å². The van der Waals surface area contributed by atoms with Crippen molar-refractivity contribution in [1.29, 1.82) is 0 Å². The van der Waals surface area contributed by atoms with E-state index in [2.05, 4.69) is 53.0 Å². The first-order chi connectivity index (χ1) is 8.86. The molecule has 1 atom stereocenters. The molecule has 0 aliphatic rings. The van der Waals surface area contributed by atoms with Crippen molar-refractivity contribution in [3.63, 3.8) is 0 Å². The summed E-state index contributed by atoms with van der Waals surface area (Å²) < 4.78 is 0. The van der Waals surface area contributed by atoms with Crippen molar-refractivity contribution in [2.45, 2.75) is 47.6 Å². The van der Waals surface area contributed by atoms with Gasteiger partial charge < -0.3 is 5.73 Å². The molecule has 0 bridgehead atoms. The van der Waals surface area contributed by atoms with Gasteiger partial charge in [0.1, 0.15) is 0 Å². The van der Waals surface area contributed by atoms with Crippen molar-refractivity contribution < 1.29 is 0 Å². The Morgan fingerprint density at radius 1 is 0.842 bits per heavy atom. The molecular formula is C17H23NS. The normalized spacial score (nSPS) is 12.8. The van der Waals surface area contributed by atoms with Crippen LogP contribution < -0.4 is 5.73 Å². The van der Waals surface area contributed by atoms with Crippen molar-refractivity contribution in [2.24, 2.45) is 5.73 Å². The molecule has 0 spiro atoms. The highest BCUT2D eigenvalue weighted by atomic mass is 32.1. The van der Waals surface area contributed by atoms with Crippen molar-refractivity contribution in [3.05, 3.63) is 55.3 Å². The Hall–Kier alpha value is -1.12. The van der Waals surface area contributed by atoms with E-state index in [1.165, 1.54) is 43.8 Å². The SMILES string of the molecule is Cc1ccsc1C(N)c1c(C)c(C)c(C)c(C)c1C. The van der Waals surface area contributed by atoms with Crippen LogP contribution in [-0.2, 0) is 0 Å². The summed E-state index contributed by atoms with van der Waals surface area (Å²) in [6.45, 7) is 13.2. The van der Waals surface area contributed by atoms with Crippen molar-refractivity contribution in [3.8, 4) is 0 Å². The molecule has 0 saturated carbocycles. The number of aryl methyl sites for hydroxylation is 1. The Bertz CT molecular complexity index is 593. The second-order valence-corrected chi connectivity index (χ2v) is 6.43. The van der Waals surface area contributed by atoms with E-state index in [-0.39, 0.29) is 6.04 Å². The molecule has 2 rings (SSSR count). The molecule has 102 valence electrons. The highest BCUT2D eigenvalue weighted by Gasteiger charge is 2.20. The summed E-state index contributed by atoms with van der Waals surface area (Å²) in [6.07, 6.45) is 0. The number of benzene rings is 1. The second-order valence-electron chi connectivity index (χ2n) is 5.48. The predicted octanol–water partition coefficient (Wildman–Crippen LogP) is 4.65. The maximum Gasteiger partial charge on any atom is 0.0654 e. The van der Waals surface area contributed by atoms with Crippen LogP contribution in [-0.4, -0.2) is 0 Å². The van der Waals surface area contributed by atoms with Gasteiger partial charge in [-0.05, 0) is 91.9 Å². The lowest BCUT2D eigenvalue weighted by molar-refractivity contribution is 0.855. The van der Waals surface area contributed by atoms with E-state index in [9.17, 15) is 0 Å². The summed E-state index contributed by atoms with van der Waals surface area (Å²) in [5.41, 5.74) is 16.0. The highest BCUT2D eigenvalue weighted by molar-refractivity contribution is 7.10. The molecule has 1 nitrogen and oxygen atoms in total. The molecule has 0 aliphatic carbocycles. The summed E-state index contributed by atoms with van der Waals surface area (Å²) >= 11 is 1.76. The monoisotopic (exact) mass is 273 g/mol. The van der Waals surface area contributed by atoms with E-state index in [1.807, 2.05) is 0 Å². The molecule has 0 aliphatic heterocycles. The lowest BCUT2D eigenvalue weighted by Crippen LogP contribution is -2.16. The van der Waals surface area contributed by atoms with E-state index in [0.717, 1.165) is 0 Å². The smallest absolute Gasteiger partial charge is 0.0654 e. The molecule has 0 amide bonds. The van der Waals surface area contributed by atoms with Crippen LogP contribution in [0.25, 0.3) is 0 Å². The number of hydrogen-bond donors (Lipinski definition) is 1. The van der Waals surface area contributed by atoms with E-state index in [4.69, 9.17) is 5.73 Å². The van der Waals surface area contributed by atoms with E-state index in [0.29, 0.717) is 0 Å². The Morgan fingerprint density at radius 2 is 1.32 bits per heavy atom. The summed E-state index contributed by atoms with van der Waals surface area (Å²) in [6, 6.07) is 2.15. The highest BCUT2D eigenvalue weighted by Crippen LogP contribution is 2.35. The summed E-state index contributed by atoms with van der Waals surface area (Å²) in [5.74, 6) is 0. The van der Waals surface area contributed by atoms with Crippen molar-refractivity contribution in [1.82, 2.24) is 0 Å². The minimum absolute atomic E-state index is 0.00185. The van der Waals surface area contributed by atoms with Crippen molar-refractivity contribution in [2.75, 3.05) is 0 Å². The van der Waals surface area contributed by atoms with Crippen molar-refractivity contribution >= 4 is 11.3 Å². The Morgan fingerprint density at radius 3 is 1.74 bits per heavy atom. The molecule has 0 radical (unpaired) electrons. The van der Waals surface area contributed by atoms with Gasteiger partial charge in [0, 0.05) is 4.88 Å². The zero-order valence-electron chi connectivity index (χ0n) is 12.7. The van der Waals surface area contributed by atoms with Crippen LogP contribution in [0, 0.1) is 41.5 Å². The van der Waals surface area contributed by atoms with Crippen LogP contribution >= 0.6 is 11.3 Å². The fourth-order valence-electron chi connectivity index (χ4n) is 2.83. The molecule has 2 N–H and O–H groups in total. The predicted molar refractivity (Wildman–Crippen MR) is 85.2 cm³/mol. The van der Waals surface area contributed by atoms with E-state index < -0.39 is 0 Å². The second kappa shape index (κ2) is 5.10.